The van der Waals surface area contributed by atoms with Crippen molar-refractivity contribution in [3.63, 3.8) is 0 Å². The van der Waals surface area contributed by atoms with Crippen LogP contribution in [0, 0.1) is 12.8 Å². The molecule has 0 spiro atoms. The van der Waals surface area contributed by atoms with Gasteiger partial charge in [0.1, 0.15) is 0 Å². The molecule has 1 aromatic heterocycles. The summed E-state index contributed by atoms with van der Waals surface area (Å²) >= 11 is 1.73. The van der Waals surface area contributed by atoms with Crippen LogP contribution in [-0.2, 0) is 11.2 Å². The molecule has 2 N–H and O–H groups in total. The van der Waals surface area contributed by atoms with Crippen molar-refractivity contribution in [3.05, 3.63) is 15.6 Å². The van der Waals surface area contributed by atoms with Gasteiger partial charge >= 0.3 is 0 Å². The van der Waals surface area contributed by atoms with Crippen LogP contribution < -0.4 is 5.73 Å². The molecule has 7 heteroatoms. The number of aryl methyl sites for hydroxylation is 2. The molecule has 1 fully saturated rings. The van der Waals surface area contributed by atoms with E-state index in [2.05, 4.69) is 18.8 Å². The fourth-order valence-electron chi connectivity index (χ4n) is 2.90. The number of nitrogens with two attached hydrogens (primary N) is 1. The van der Waals surface area contributed by atoms with Gasteiger partial charge in [-0.25, -0.2) is 4.98 Å². The van der Waals surface area contributed by atoms with Gasteiger partial charge < -0.3 is 10.6 Å². The first-order valence-corrected chi connectivity index (χ1v) is 8.24. The van der Waals surface area contributed by atoms with Gasteiger partial charge in [-0.1, -0.05) is 6.92 Å². The van der Waals surface area contributed by atoms with E-state index in [-0.39, 0.29) is 48.7 Å². The molecule has 2 rings (SSSR count). The molecule has 1 heterocycles. The number of rotatable bonds is 4. The van der Waals surface area contributed by atoms with Crippen molar-refractivity contribution in [1.82, 2.24) is 9.88 Å². The number of hydrogen-bond acceptors (Lipinski definition) is 4. The fourth-order valence-corrected chi connectivity index (χ4v) is 4.00. The Labute approximate surface area is 149 Å². The van der Waals surface area contributed by atoms with Crippen LogP contribution in [0.25, 0.3) is 0 Å². The number of halogens is 2. The zero-order chi connectivity index (χ0) is 14.9. The van der Waals surface area contributed by atoms with Crippen molar-refractivity contribution in [2.75, 3.05) is 7.05 Å². The summed E-state index contributed by atoms with van der Waals surface area (Å²) in [4.78, 5) is 20.2. The molecular formula is C15H27Cl2N3OS. The van der Waals surface area contributed by atoms with Gasteiger partial charge in [-0.15, -0.1) is 36.2 Å². The normalized spacial score (nSPS) is 21.7. The number of aromatic nitrogens is 1. The van der Waals surface area contributed by atoms with Crippen LogP contribution in [0.4, 0.5) is 0 Å². The molecule has 1 amide bonds. The van der Waals surface area contributed by atoms with E-state index < -0.39 is 0 Å². The van der Waals surface area contributed by atoms with Gasteiger partial charge in [0.15, 0.2) is 0 Å². The van der Waals surface area contributed by atoms with E-state index in [4.69, 9.17) is 5.73 Å². The number of nitrogens with zero attached hydrogens (tertiary/aromatic N) is 2. The van der Waals surface area contributed by atoms with Crippen molar-refractivity contribution in [1.29, 1.82) is 0 Å². The highest BCUT2D eigenvalue weighted by Gasteiger charge is 2.32. The fraction of sp³-hybridized carbons (Fsp3) is 0.733. The maximum absolute atomic E-state index is 12.5. The maximum atomic E-state index is 12.5. The van der Waals surface area contributed by atoms with Crippen LogP contribution in [-0.4, -0.2) is 28.9 Å². The van der Waals surface area contributed by atoms with Crippen molar-refractivity contribution in [2.24, 2.45) is 11.7 Å². The molecular weight excluding hydrogens is 341 g/mol. The summed E-state index contributed by atoms with van der Waals surface area (Å²) in [5, 5.41) is 1.15. The number of amides is 1. The molecule has 0 saturated heterocycles. The molecule has 0 aromatic carbocycles. The Morgan fingerprint density at radius 1 is 1.45 bits per heavy atom. The van der Waals surface area contributed by atoms with Crippen LogP contribution >= 0.6 is 36.2 Å². The third-order valence-corrected chi connectivity index (χ3v) is 5.78. The maximum Gasteiger partial charge on any atom is 0.226 e. The number of hydrogen-bond donors (Lipinski definition) is 1. The predicted octanol–water partition coefficient (Wildman–Crippen LogP) is 3.50. The monoisotopic (exact) mass is 367 g/mol. The molecule has 0 bridgehead atoms. The molecule has 4 nitrogen and oxygen atoms in total. The predicted molar refractivity (Wildman–Crippen MR) is 97.2 cm³/mol. The third kappa shape index (κ3) is 4.57. The smallest absolute Gasteiger partial charge is 0.226 e. The van der Waals surface area contributed by atoms with E-state index >= 15 is 0 Å². The first kappa shape index (κ1) is 21.6. The van der Waals surface area contributed by atoms with Gasteiger partial charge in [0, 0.05) is 23.9 Å². The summed E-state index contributed by atoms with van der Waals surface area (Å²) < 4.78 is 0. The van der Waals surface area contributed by atoms with Gasteiger partial charge in [0.25, 0.3) is 0 Å². The lowest BCUT2D eigenvalue weighted by molar-refractivity contribution is -0.135. The summed E-state index contributed by atoms with van der Waals surface area (Å²) in [6, 6.07) is 0.293. The van der Waals surface area contributed by atoms with Crippen molar-refractivity contribution < 1.29 is 4.79 Å². The van der Waals surface area contributed by atoms with E-state index in [1.165, 1.54) is 4.88 Å². The zero-order valence-corrected chi connectivity index (χ0v) is 16.1. The van der Waals surface area contributed by atoms with Gasteiger partial charge in [-0.2, -0.15) is 0 Å². The Morgan fingerprint density at radius 2 is 2.09 bits per heavy atom. The molecule has 1 aliphatic rings. The Kier molecular flexibility index (Phi) is 8.91. The number of carbonyl (C=O) groups excluding carboxylic acids is 1. The van der Waals surface area contributed by atoms with E-state index in [0.717, 1.165) is 36.4 Å². The first-order chi connectivity index (χ1) is 9.43. The second-order valence-electron chi connectivity index (χ2n) is 5.81. The highest BCUT2D eigenvalue weighted by molar-refractivity contribution is 7.11. The summed E-state index contributed by atoms with van der Waals surface area (Å²) in [6.45, 7) is 6.24. The minimum Gasteiger partial charge on any atom is -0.338 e. The third-order valence-electron chi connectivity index (χ3n) is 4.31. The average Bonchev–Trinajstić information content (AvgIpc) is 3.02. The lowest BCUT2D eigenvalue weighted by Crippen LogP contribution is -2.34. The molecule has 0 aliphatic heterocycles. The topological polar surface area (TPSA) is 59.2 Å². The van der Waals surface area contributed by atoms with E-state index in [9.17, 15) is 4.79 Å². The zero-order valence-electron chi connectivity index (χ0n) is 13.7. The summed E-state index contributed by atoms with van der Waals surface area (Å²) in [7, 11) is 1.90. The summed E-state index contributed by atoms with van der Waals surface area (Å²) in [6.07, 6.45) is 3.68. The molecule has 1 saturated carbocycles. The van der Waals surface area contributed by atoms with Gasteiger partial charge in [0.2, 0.25) is 5.91 Å². The molecule has 22 heavy (non-hydrogen) atoms. The number of thiazole rings is 1. The van der Waals surface area contributed by atoms with Crippen molar-refractivity contribution >= 4 is 42.1 Å². The second-order valence-corrected chi connectivity index (χ2v) is 6.92. The highest BCUT2D eigenvalue weighted by Crippen LogP contribution is 2.32. The summed E-state index contributed by atoms with van der Waals surface area (Å²) in [5.74, 6) is 0.340. The van der Waals surface area contributed by atoms with Crippen LogP contribution in [0.15, 0.2) is 0 Å². The molecule has 1 aromatic rings. The minimum absolute atomic E-state index is 0. The SMILES string of the molecule is CCc1nc(C)c(C(C)N(C)C(=O)C2CCC(N)C2)s1.Cl.Cl. The molecule has 3 unspecified atom stereocenters. The molecule has 3 atom stereocenters. The van der Waals surface area contributed by atoms with Crippen LogP contribution in [0.1, 0.15) is 54.7 Å². The highest BCUT2D eigenvalue weighted by atomic mass is 35.5. The van der Waals surface area contributed by atoms with Crippen molar-refractivity contribution in [2.45, 2.75) is 58.5 Å². The van der Waals surface area contributed by atoms with Crippen molar-refractivity contribution in [3.8, 4) is 0 Å². The Morgan fingerprint density at radius 3 is 2.55 bits per heavy atom. The lowest BCUT2D eigenvalue weighted by Gasteiger charge is -2.27. The van der Waals surface area contributed by atoms with Gasteiger partial charge in [0.05, 0.1) is 16.7 Å². The molecule has 128 valence electrons. The molecule has 0 radical (unpaired) electrons. The van der Waals surface area contributed by atoms with E-state index in [0.29, 0.717) is 0 Å². The Hall–Kier alpha value is -0.360. The van der Waals surface area contributed by atoms with Crippen LogP contribution in [0.5, 0.6) is 0 Å². The average molecular weight is 368 g/mol. The largest absolute Gasteiger partial charge is 0.338 e. The van der Waals surface area contributed by atoms with E-state index in [1.807, 2.05) is 18.9 Å². The quantitative estimate of drug-likeness (QED) is 0.885. The standard InChI is InChI=1S/C15H25N3OS.2ClH/c1-5-13-17-9(2)14(20-13)10(3)18(4)15(19)11-6-7-12(16)8-11;;/h10-12H,5-8,16H2,1-4H3;2*1H. The lowest BCUT2D eigenvalue weighted by atomic mass is 10.1. The van der Waals surface area contributed by atoms with Crippen LogP contribution in [0.3, 0.4) is 0 Å². The van der Waals surface area contributed by atoms with E-state index in [1.54, 1.807) is 11.3 Å². The minimum atomic E-state index is 0. The first-order valence-electron chi connectivity index (χ1n) is 7.42. The Bertz CT molecular complexity index is 495. The van der Waals surface area contributed by atoms with Gasteiger partial charge in [-0.05, 0) is 39.5 Å². The Balaban J connectivity index is 0.00000220. The van der Waals surface area contributed by atoms with Crippen LogP contribution in [0.2, 0.25) is 0 Å². The summed E-state index contributed by atoms with van der Waals surface area (Å²) in [5.41, 5.74) is 6.97. The second kappa shape index (κ2) is 9.06. The van der Waals surface area contributed by atoms with Gasteiger partial charge in [-0.3, -0.25) is 4.79 Å². The number of carbonyl (C=O) groups is 1. The molecule has 1 aliphatic carbocycles.